The zero-order valence-electron chi connectivity index (χ0n) is 10.2. The van der Waals surface area contributed by atoms with Crippen LogP contribution in [0.25, 0.3) is 0 Å². The number of nitrogens with zero attached hydrogens (tertiary/aromatic N) is 1. The van der Waals surface area contributed by atoms with E-state index in [-0.39, 0.29) is 6.61 Å². The fraction of sp³-hybridized carbons (Fsp3) is 0.400. The van der Waals surface area contributed by atoms with Crippen LogP contribution in [0.4, 0.5) is 32.0 Å². The monoisotopic (exact) mass is 319 g/mol. The first-order valence-electron chi connectivity index (χ1n) is 5.24. The van der Waals surface area contributed by atoms with Gasteiger partial charge in [-0.15, -0.1) is 13.2 Å². The Hall–Kier alpha value is -2.20. The van der Waals surface area contributed by atoms with Crippen molar-refractivity contribution in [2.75, 3.05) is 6.61 Å². The number of halogens is 6. The molecule has 21 heavy (non-hydrogen) atoms. The van der Waals surface area contributed by atoms with E-state index in [1.165, 1.54) is 6.92 Å². The standard InChI is InChI=1S/C10H7F6NO4/c1-2-20-6-4-3-5(17(18)19)8(21-10(14,15)16)7(6)9(11,12)13/h3-4H,2H2,1H3. The summed E-state index contributed by atoms with van der Waals surface area (Å²) in [7, 11) is 0. The molecule has 1 rings (SSSR count). The molecule has 11 heteroatoms. The lowest BCUT2D eigenvalue weighted by Crippen LogP contribution is -2.21. The molecule has 0 saturated carbocycles. The summed E-state index contributed by atoms with van der Waals surface area (Å²) in [5.41, 5.74) is -3.46. The van der Waals surface area contributed by atoms with Crippen LogP contribution in [0.1, 0.15) is 12.5 Å². The molecule has 0 amide bonds. The Morgan fingerprint density at radius 1 is 1.19 bits per heavy atom. The van der Waals surface area contributed by atoms with Gasteiger partial charge in [0.05, 0.1) is 11.5 Å². The van der Waals surface area contributed by atoms with E-state index < -0.39 is 40.2 Å². The van der Waals surface area contributed by atoms with Gasteiger partial charge < -0.3 is 9.47 Å². The molecule has 0 spiro atoms. The zero-order valence-corrected chi connectivity index (χ0v) is 10.2. The van der Waals surface area contributed by atoms with Crippen LogP contribution >= 0.6 is 0 Å². The molecule has 0 aliphatic carbocycles. The van der Waals surface area contributed by atoms with Crippen molar-refractivity contribution in [1.29, 1.82) is 0 Å². The number of ether oxygens (including phenoxy) is 2. The summed E-state index contributed by atoms with van der Waals surface area (Å²) in [4.78, 5) is 9.20. The van der Waals surface area contributed by atoms with Crippen molar-refractivity contribution in [3.05, 3.63) is 27.8 Å². The van der Waals surface area contributed by atoms with E-state index in [1.807, 2.05) is 0 Å². The molecule has 0 atom stereocenters. The van der Waals surface area contributed by atoms with Gasteiger partial charge in [-0.3, -0.25) is 10.1 Å². The van der Waals surface area contributed by atoms with Crippen molar-refractivity contribution >= 4 is 5.69 Å². The quantitative estimate of drug-likeness (QED) is 0.479. The van der Waals surface area contributed by atoms with E-state index in [2.05, 4.69) is 9.47 Å². The van der Waals surface area contributed by atoms with Gasteiger partial charge in [0.25, 0.3) is 0 Å². The summed E-state index contributed by atoms with van der Waals surface area (Å²) >= 11 is 0. The molecule has 0 fully saturated rings. The molecule has 0 radical (unpaired) electrons. The van der Waals surface area contributed by atoms with Crippen LogP contribution in [0.15, 0.2) is 12.1 Å². The summed E-state index contributed by atoms with van der Waals surface area (Å²) in [6.45, 7) is 1.01. The lowest BCUT2D eigenvalue weighted by Gasteiger charge is -2.18. The second-order valence-corrected chi connectivity index (χ2v) is 3.52. The maximum atomic E-state index is 12.9. The first-order chi connectivity index (χ1) is 9.47. The predicted molar refractivity (Wildman–Crippen MR) is 56.0 cm³/mol. The highest BCUT2D eigenvalue weighted by atomic mass is 19.4. The van der Waals surface area contributed by atoms with Crippen LogP contribution in [-0.4, -0.2) is 17.9 Å². The van der Waals surface area contributed by atoms with Crippen molar-refractivity contribution in [1.82, 2.24) is 0 Å². The lowest BCUT2D eigenvalue weighted by molar-refractivity contribution is -0.389. The topological polar surface area (TPSA) is 61.6 Å². The van der Waals surface area contributed by atoms with Gasteiger partial charge in [-0.1, -0.05) is 0 Å². The van der Waals surface area contributed by atoms with Gasteiger partial charge in [0.1, 0.15) is 11.3 Å². The zero-order chi connectivity index (χ0) is 16.4. The van der Waals surface area contributed by atoms with Crippen LogP contribution in [-0.2, 0) is 6.18 Å². The molecule has 0 saturated heterocycles. The van der Waals surface area contributed by atoms with E-state index in [4.69, 9.17) is 0 Å². The first-order valence-corrected chi connectivity index (χ1v) is 5.24. The van der Waals surface area contributed by atoms with Gasteiger partial charge >= 0.3 is 18.2 Å². The Morgan fingerprint density at radius 2 is 1.76 bits per heavy atom. The largest absolute Gasteiger partial charge is 0.573 e. The van der Waals surface area contributed by atoms with Crippen molar-refractivity contribution in [2.24, 2.45) is 0 Å². The smallest absolute Gasteiger partial charge is 0.493 e. The second kappa shape index (κ2) is 5.66. The van der Waals surface area contributed by atoms with E-state index in [0.717, 1.165) is 0 Å². The predicted octanol–water partition coefficient (Wildman–Crippen LogP) is 3.91. The van der Waals surface area contributed by atoms with Crippen molar-refractivity contribution < 1.29 is 40.7 Å². The number of rotatable bonds is 4. The first kappa shape index (κ1) is 16.9. The third kappa shape index (κ3) is 4.13. The van der Waals surface area contributed by atoms with Crippen LogP contribution in [0, 0.1) is 10.1 Å². The number of benzene rings is 1. The number of nitro groups is 1. The second-order valence-electron chi connectivity index (χ2n) is 3.52. The van der Waals surface area contributed by atoms with Gasteiger partial charge in [-0.2, -0.15) is 13.2 Å². The van der Waals surface area contributed by atoms with Gasteiger partial charge in [0.15, 0.2) is 0 Å². The number of alkyl halides is 6. The number of hydrogen-bond donors (Lipinski definition) is 0. The fourth-order valence-electron chi connectivity index (χ4n) is 1.46. The lowest BCUT2D eigenvalue weighted by atomic mass is 10.1. The van der Waals surface area contributed by atoms with Gasteiger partial charge in [-0.25, -0.2) is 0 Å². The highest BCUT2D eigenvalue weighted by Crippen LogP contribution is 2.48. The highest BCUT2D eigenvalue weighted by molar-refractivity contribution is 5.59. The third-order valence-corrected chi connectivity index (χ3v) is 2.10. The van der Waals surface area contributed by atoms with E-state index >= 15 is 0 Å². The Morgan fingerprint density at radius 3 is 2.14 bits per heavy atom. The average molecular weight is 319 g/mol. The van der Waals surface area contributed by atoms with Gasteiger partial charge in [-0.05, 0) is 13.0 Å². The molecule has 0 N–H and O–H groups in total. The molecule has 0 aliphatic heterocycles. The molecule has 118 valence electrons. The van der Waals surface area contributed by atoms with Crippen LogP contribution in [0.2, 0.25) is 0 Å². The molecule has 0 unspecified atom stereocenters. The Kier molecular flexibility index (Phi) is 4.54. The maximum absolute atomic E-state index is 12.9. The van der Waals surface area contributed by atoms with Crippen molar-refractivity contribution in [3.8, 4) is 11.5 Å². The van der Waals surface area contributed by atoms with Crippen LogP contribution in [0.5, 0.6) is 11.5 Å². The molecule has 0 heterocycles. The Labute approximate surface area is 113 Å². The van der Waals surface area contributed by atoms with Crippen molar-refractivity contribution in [3.63, 3.8) is 0 Å². The normalized spacial score (nSPS) is 12.1. The molecular weight excluding hydrogens is 312 g/mol. The minimum Gasteiger partial charge on any atom is -0.493 e. The summed E-state index contributed by atoms with van der Waals surface area (Å²) in [5, 5.41) is 10.6. The molecule has 5 nitrogen and oxygen atoms in total. The SMILES string of the molecule is CCOc1ccc([N+](=O)[O-])c(OC(F)(F)F)c1C(F)(F)F. The summed E-state index contributed by atoms with van der Waals surface area (Å²) in [5.74, 6) is -2.94. The minimum atomic E-state index is -5.53. The summed E-state index contributed by atoms with van der Waals surface area (Å²) in [6.07, 6.45) is -10.9. The molecule has 0 aliphatic rings. The molecule has 1 aromatic carbocycles. The number of hydrogen-bond acceptors (Lipinski definition) is 4. The molecule has 0 aromatic heterocycles. The fourth-order valence-corrected chi connectivity index (χ4v) is 1.46. The van der Waals surface area contributed by atoms with E-state index in [1.54, 1.807) is 0 Å². The Bertz CT molecular complexity index is 540. The summed E-state index contributed by atoms with van der Waals surface area (Å²) < 4.78 is 83.1. The molecular formula is C10H7F6NO4. The highest BCUT2D eigenvalue weighted by Gasteiger charge is 2.46. The van der Waals surface area contributed by atoms with Crippen molar-refractivity contribution in [2.45, 2.75) is 19.5 Å². The maximum Gasteiger partial charge on any atom is 0.573 e. The van der Waals surface area contributed by atoms with E-state index in [9.17, 15) is 36.5 Å². The van der Waals surface area contributed by atoms with Gasteiger partial charge in [0.2, 0.25) is 5.75 Å². The van der Waals surface area contributed by atoms with Crippen LogP contribution in [0.3, 0.4) is 0 Å². The van der Waals surface area contributed by atoms with Gasteiger partial charge in [0, 0.05) is 6.07 Å². The summed E-state index contributed by atoms with van der Waals surface area (Å²) in [6, 6.07) is 1.01. The van der Waals surface area contributed by atoms with Crippen LogP contribution < -0.4 is 9.47 Å². The average Bonchev–Trinajstić information content (AvgIpc) is 2.24. The third-order valence-electron chi connectivity index (χ3n) is 2.10. The molecule has 1 aromatic rings. The minimum absolute atomic E-state index is 0.285. The Balaban J connectivity index is 3.64. The van der Waals surface area contributed by atoms with E-state index in [0.29, 0.717) is 12.1 Å². The molecule has 0 bridgehead atoms. The number of nitro benzene ring substituents is 1.